The Morgan fingerprint density at radius 2 is 1.95 bits per heavy atom. The second-order valence-corrected chi connectivity index (χ2v) is 7.01. The maximum absolute atomic E-state index is 12.3. The molecular formula is C14H17NO3S. The van der Waals surface area contributed by atoms with E-state index in [2.05, 4.69) is 6.92 Å². The van der Waals surface area contributed by atoms with Crippen molar-refractivity contribution in [3.05, 3.63) is 45.7 Å². The molecule has 1 heterocycles. The van der Waals surface area contributed by atoms with E-state index in [4.69, 9.17) is 0 Å². The minimum Gasteiger partial charge on any atom is -0.350 e. The summed E-state index contributed by atoms with van der Waals surface area (Å²) in [7, 11) is -1.38. The molecule has 2 rings (SSSR count). The number of hydrogen-bond donors (Lipinski definition) is 0. The molecule has 0 saturated heterocycles. The van der Waals surface area contributed by atoms with Crippen LogP contribution < -0.4 is 5.43 Å². The van der Waals surface area contributed by atoms with Crippen molar-refractivity contribution in [1.29, 1.82) is 0 Å². The van der Waals surface area contributed by atoms with Crippen molar-refractivity contribution in [1.82, 2.24) is 4.57 Å². The Labute approximate surface area is 112 Å². The second-order valence-electron chi connectivity index (χ2n) is 4.87. The Hall–Kier alpha value is -1.62. The molecule has 0 aliphatic carbocycles. The molecular weight excluding hydrogens is 262 g/mol. The standard InChI is InChI=1S/C14H17NO3S/c1-4-10-5-6-12-13(7-10)15(2)8-11(14(12)16)9-19(3,17)18/h5-8H,4,9H2,1-3H3. The minimum atomic E-state index is -3.21. The van der Waals surface area contributed by atoms with Crippen LogP contribution >= 0.6 is 0 Å². The average Bonchev–Trinajstić information content (AvgIpc) is 2.33. The van der Waals surface area contributed by atoms with Crippen LogP contribution in [-0.2, 0) is 29.1 Å². The van der Waals surface area contributed by atoms with Gasteiger partial charge < -0.3 is 4.57 Å². The lowest BCUT2D eigenvalue weighted by Crippen LogP contribution is -2.16. The first-order valence-electron chi connectivity index (χ1n) is 6.10. The van der Waals surface area contributed by atoms with Crippen LogP contribution in [0.15, 0.2) is 29.2 Å². The minimum absolute atomic E-state index is 0.193. The largest absolute Gasteiger partial charge is 0.350 e. The van der Waals surface area contributed by atoms with Crippen molar-refractivity contribution in [3.8, 4) is 0 Å². The Kier molecular flexibility index (Phi) is 3.49. The molecule has 0 fully saturated rings. The number of sulfone groups is 1. The molecule has 4 nitrogen and oxygen atoms in total. The van der Waals surface area contributed by atoms with Gasteiger partial charge in [-0.1, -0.05) is 13.0 Å². The zero-order valence-electron chi connectivity index (χ0n) is 11.3. The number of hydrogen-bond acceptors (Lipinski definition) is 3. The molecule has 0 aliphatic heterocycles. The maximum atomic E-state index is 12.3. The van der Waals surface area contributed by atoms with Crippen molar-refractivity contribution in [2.75, 3.05) is 6.26 Å². The molecule has 2 aromatic rings. The van der Waals surface area contributed by atoms with Crippen molar-refractivity contribution in [3.63, 3.8) is 0 Å². The number of aryl methyl sites for hydroxylation is 2. The van der Waals surface area contributed by atoms with Crippen LogP contribution in [0.2, 0.25) is 0 Å². The number of nitrogens with zero attached hydrogens (tertiary/aromatic N) is 1. The summed E-state index contributed by atoms with van der Waals surface area (Å²) in [5.74, 6) is -0.217. The molecule has 0 bridgehead atoms. The third-order valence-electron chi connectivity index (χ3n) is 3.15. The summed E-state index contributed by atoms with van der Waals surface area (Å²) in [6.07, 6.45) is 3.65. The average molecular weight is 279 g/mol. The van der Waals surface area contributed by atoms with E-state index >= 15 is 0 Å². The highest BCUT2D eigenvalue weighted by Crippen LogP contribution is 2.15. The molecule has 5 heteroatoms. The lowest BCUT2D eigenvalue weighted by molar-refractivity contribution is 0.601. The van der Waals surface area contributed by atoms with Crippen LogP contribution in [0, 0.1) is 0 Å². The topological polar surface area (TPSA) is 56.1 Å². The summed E-state index contributed by atoms with van der Waals surface area (Å²) in [6.45, 7) is 2.05. The monoisotopic (exact) mass is 279 g/mol. The van der Waals surface area contributed by atoms with Gasteiger partial charge in [-0.05, 0) is 24.1 Å². The summed E-state index contributed by atoms with van der Waals surface area (Å²) >= 11 is 0. The molecule has 0 amide bonds. The number of benzene rings is 1. The number of fused-ring (bicyclic) bond motifs is 1. The first-order valence-corrected chi connectivity index (χ1v) is 8.16. The molecule has 0 saturated carbocycles. The lowest BCUT2D eigenvalue weighted by atomic mass is 10.1. The normalized spacial score (nSPS) is 11.9. The predicted octanol–water partition coefficient (Wildman–Crippen LogP) is 1.65. The van der Waals surface area contributed by atoms with E-state index in [9.17, 15) is 13.2 Å². The summed E-state index contributed by atoms with van der Waals surface area (Å²) in [4.78, 5) is 12.3. The zero-order chi connectivity index (χ0) is 14.2. The number of pyridine rings is 1. The van der Waals surface area contributed by atoms with Gasteiger partial charge >= 0.3 is 0 Å². The molecule has 0 spiro atoms. The fraction of sp³-hybridized carbons (Fsp3) is 0.357. The summed E-state index contributed by atoms with van der Waals surface area (Å²) in [6, 6.07) is 5.66. The van der Waals surface area contributed by atoms with Gasteiger partial charge in [-0.2, -0.15) is 0 Å². The summed E-state index contributed by atoms with van der Waals surface area (Å²) in [5.41, 5.74) is 2.11. The molecule has 0 N–H and O–H groups in total. The molecule has 0 unspecified atom stereocenters. The summed E-state index contributed by atoms with van der Waals surface area (Å²) < 4.78 is 24.5. The van der Waals surface area contributed by atoms with E-state index < -0.39 is 9.84 Å². The smallest absolute Gasteiger partial charge is 0.193 e. The van der Waals surface area contributed by atoms with E-state index in [-0.39, 0.29) is 11.2 Å². The molecule has 0 aliphatic rings. The van der Waals surface area contributed by atoms with E-state index in [1.165, 1.54) is 0 Å². The van der Waals surface area contributed by atoms with Gasteiger partial charge in [-0.15, -0.1) is 0 Å². The van der Waals surface area contributed by atoms with Gasteiger partial charge in [0.05, 0.1) is 11.3 Å². The van der Waals surface area contributed by atoms with Crippen LogP contribution in [0.25, 0.3) is 10.9 Å². The first kappa shape index (κ1) is 13.8. The van der Waals surface area contributed by atoms with Crippen LogP contribution in [0.4, 0.5) is 0 Å². The van der Waals surface area contributed by atoms with Gasteiger partial charge in [0, 0.05) is 30.4 Å². The van der Waals surface area contributed by atoms with Gasteiger partial charge in [0.2, 0.25) is 0 Å². The predicted molar refractivity (Wildman–Crippen MR) is 77.1 cm³/mol. The first-order chi connectivity index (χ1) is 8.81. The van der Waals surface area contributed by atoms with Crippen LogP contribution in [0.1, 0.15) is 18.1 Å². The van der Waals surface area contributed by atoms with Crippen LogP contribution in [0.3, 0.4) is 0 Å². The highest BCUT2D eigenvalue weighted by atomic mass is 32.2. The molecule has 19 heavy (non-hydrogen) atoms. The maximum Gasteiger partial charge on any atom is 0.193 e. The van der Waals surface area contributed by atoms with Gasteiger partial charge in [0.25, 0.3) is 0 Å². The molecule has 1 aromatic heterocycles. The van der Waals surface area contributed by atoms with Crippen molar-refractivity contribution >= 4 is 20.7 Å². The van der Waals surface area contributed by atoms with Gasteiger partial charge in [-0.3, -0.25) is 4.79 Å². The van der Waals surface area contributed by atoms with Crippen LogP contribution in [-0.4, -0.2) is 19.2 Å². The van der Waals surface area contributed by atoms with Crippen molar-refractivity contribution in [2.45, 2.75) is 19.1 Å². The van der Waals surface area contributed by atoms with E-state index in [0.29, 0.717) is 10.9 Å². The van der Waals surface area contributed by atoms with E-state index in [1.807, 2.05) is 23.7 Å². The number of rotatable bonds is 3. The third-order valence-corrected chi connectivity index (χ3v) is 3.99. The van der Waals surface area contributed by atoms with Crippen molar-refractivity contribution in [2.24, 2.45) is 7.05 Å². The van der Waals surface area contributed by atoms with Gasteiger partial charge in [0.1, 0.15) is 0 Å². The zero-order valence-corrected chi connectivity index (χ0v) is 12.1. The van der Waals surface area contributed by atoms with E-state index in [0.717, 1.165) is 23.8 Å². The Morgan fingerprint density at radius 3 is 2.53 bits per heavy atom. The highest BCUT2D eigenvalue weighted by molar-refractivity contribution is 7.89. The van der Waals surface area contributed by atoms with Crippen LogP contribution in [0.5, 0.6) is 0 Å². The molecule has 0 atom stereocenters. The Bertz CT molecular complexity index is 788. The fourth-order valence-corrected chi connectivity index (χ4v) is 2.97. The van der Waals surface area contributed by atoms with Gasteiger partial charge in [-0.25, -0.2) is 8.42 Å². The highest BCUT2D eigenvalue weighted by Gasteiger charge is 2.12. The fourth-order valence-electron chi connectivity index (χ4n) is 2.20. The Balaban J connectivity index is 2.73. The quantitative estimate of drug-likeness (QED) is 0.858. The van der Waals surface area contributed by atoms with Crippen molar-refractivity contribution < 1.29 is 8.42 Å². The second kappa shape index (κ2) is 4.81. The summed E-state index contributed by atoms with van der Waals surface area (Å²) in [5, 5.41) is 0.570. The molecule has 0 radical (unpaired) electrons. The Morgan fingerprint density at radius 1 is 1.26 bits per heavy atom. The third kappa shape index (κ3) is 2.87. The molecule has 1 aromatic carbocycles. The van der Waals surface area contributed by atoms with Gasteiger partial charge in [0.15, 0.2) is 15.3 Å². The number of aromatic nitrogens is 1. The van der Waals surface area contributed by atoms with E-state index in [1.54, 1.807) is 12.3 Å². The molecule has 102 valence electrons. The lowest BCUT2D eigenvalue weighted by Gasteiger charge is -2.09. The SMILES string of the molecule is CCc1ccc2c(=O)c(CS(C)(=O)=O)cn(C)c2c1.